The van der Waals surface area contributed by atoms with Crippen molar-refractivity contribution in [1.82, 2.24) is 0 Å². The van der Waals surface area contributed by atoms with Crippen LogP contribution in [-0.4, -0.2) is 43.0 Å². The van der Waals surface area contributed by atoms with Crippen LogP contribution in [0.3, 0.4) is 0 Å². The van der Waals surface area contributed by atoms with E-state index in [1.807, 2.05) is 20.8 Å². The molecule has 0 N–H and O–H groups in total. The van der Waals surface area contributed by atoms with Gasteiger partial charge in [0, 0.05) is 0 Å². The summed E-state index contributed by atoms with van der Waals surface area (Å²) in [7, 11) is -4.13. The number of hydrogen-bond acceptors (Lipinski definition) is 3. The normalized spacial score (nSPS) is 13.1. The lowest BCUT2D eigenvalue weighted by molar-refractivity contribution is -0.917. The second-order valence-corrected chi connectivity index (χ2v) is 5.57. The fraction of sp³-hybridized carbons (Fsp3) is 1.00. The Morgan fingerprint density at radius 3 is 1.47 bits per heavy atom. The molecule has 0 unspecified atom stereocenters. The maximum atomic E-state index is 10.9. The molecule has 4 nitrogen and oxygen atoms in total. The molecule has 0 saturated carbocycles. The fourth-order valence-corrected chi connectivity index (χ4v) is 3.35. The molecule has 0 aromatic carbocycles. The molecule has 0 saturated heterocycles. The van der Waals surface area contributed by atoms with Crippen molar-refractivity contribution in [1.29, 1.82) is 0 Å². The molecule has 0 amide bonds. The molecule has 0 spiro atoms. The standard InChI is InChI=1S/C10H23NO3S/c1-4-7-11(8-5-2,9-6-3)10-15(12,13)14/h4-10H2,1-3H3. The van der Waals surface area contributed by atoms with Crippen LogP contribution in [0.2, 0.25) is 0 Å². The van der Waals surface area contributed by atoms with Crippen LogP contribution in [0.25, 0.3) is 0 Å². The van der Waals surface area contributed by atoms with Gasteiger partial charge in [0.15, 0.2) is 5.88 Å². The predicted octanol–water partition coefficient (Wildman–Crippen LogP) is 1.54. The van der Waals surface area contributed by atoms with Crippen molar-refractivity contribution in [3.63, 3.8) is 0 Å². The van der Waals surface area contributed by atoms with E-state index in [2.05, 4.69) is 0 Å². The lowest BCUT2D eigenvalue weighted by Crippen LogP contribution is -2.52. The maximum Gasteiger partial charge on any atom is 0.169 e. The van der Waals surface area contributed by atoms with Gasteiger partial charge in [-0.15, -0.1) is 0 Å². The van der Waals surface area contributed by atoms with Crippen LogP contribution in [0.1, 0.15) is 40.0 Å². The zero-order valence-electron chi connectivity index (χ0n) is 10.0. The average molecular weight is 237 g/mol. The Balaban J connectivity index is 4.75. The Labute approximate surface area is 93.6 Å². The molecular weight excluding hydrogens is 214 g/mol. The van der Waals surface area contributed by atoms with E-state index in [0.29, 0.717) is 4.48 Å². The molecule has 5 heteroatoms. The summed E-state index contributed by atoms with van der Waals surface area (Å²) in [6, 6.07) is 0. The molecule has 92 valence electrons. The molecule has 0 heterocycles. The predicted molar refractivity (Wildman–Crippen MR) is 60.3 cm³/mol. The summed E-state index contributed by atoms with van der Waals surface area (Å²) in [5.74, 6) is -0.248. The van der Waals surface area contributed by atoms with Crippen molar-refractivity contribution >= 4 is 10.1 Å². The maximum absolute atomic E-state index is 10.9. The third-order valence-corrected chi connectivity index (χ3v) is 3.39. The van der Waals surface area contributed by atoms with Gasteiger partial charge in [0.1, 0.15) is 10.1 Å². The van der Waals surface area contributed by atoms with Crippen molar-refractivity contribution < 1.29 is 17.5 Å². The van der Waals surface area contributed by atoms with Gasteiger partial charge in [-0.1, -0.05) is 20.8 Å². The van der Waals surface area contributed by atoms with E-state index in [-0.39, 0.29) is 5.88 Å². The highest BCUT2D eigenvalue weighted by Gasteiger charge is 2.27. The molecule has 0 atom stereocenters. The first-order valence-corrected chi connectivity index (χ1v) is 7.25. The van der Waals surface area contributed by atoms with Gasteiger partial charge in [0.25, 0.3) is 0 Å². The van der Waals surface area contributed by atoms with Gasteiger partial charge in [0.05, 0.1) is 19.6 Å². The molecule has 0 aromatic rings. The van der Waals surface area contributed by atoms with Gasteiger partial charge in [-0.3, -0.25) is 0 Å². The van der Waals surface area contributed by atoms with E-state index in [1.165, 1.54) is 0 Å². The van der Waals surface area contributed by atoms with E-state index < -0.39 is 10.1 Å². The smallest absolute Gasteiger partial charge is 0.169 e. The van der Waals surface area contributed by atoms with Crippen LogP contribution in [0.5, 0.6) is 0 Å². The van der Waals surface area contributed by atoms with Crippen molar-refractivity contribution in [2.75, 3.05) is 25.5 Å². The summed E-state index contributed by atoms with van der Waals surface area (Å²) >= 11 is 0. The third kappa shape index (κ3) is 6.12. The molecule has 0 aliphatic rings. The molecule has 0 radical (unpaired) electrons. The number of hydrogen-bond donors (Lipinski definition) is 0. The van der Waals surface area contributed by atoms with E-state index in [4.69, 9.17) is 0 Å². The van der Waals surface area contributed by atoms with Gasteiger partial charge in [0.2, 0.25) is 0 Å². The highest BCUT2D eigenvalue weighted by atomic mass is 32.2. The minimum absolute atomic E-state index is 0.248. The first-order valence-electron chi connectivity index (χ1n) is 5.67. The van der Waals surface area contributed by atoms with Crippen molar-refractivity contribution in [2.24, 2.45) is 0 Å². The van der Waals surface area contributed by atoms with E-state index in [0.717, 1.165) is 38.9 Å². The SMILES string of the molecule is CCC[N+](CCC)(CCC)CS(=O)(=O)[O-]. The Morgan fingerprint density at radius 2 is 1.27 bits per heavy atom. The van der Waals surface area contributed by atoms with Gasteiger partial charge in [-0.05, 0) is 19.3 Å². The number of quaternary nitrogens is 1. The molecule has 15 heavy (non-hydrogen) atoms. The molecule has 0 aliphatic heterocycles. The van der Waals surface area contributed by atoms with Gasteiger partial charge >= 0.3 is 0 Å². The first-order chi connectivity index (χ1) is 6.89. The Morgan fingerprint density at radius 1 is 0.933 bits per heavy atom. The van der Waals surface area contributed by atoms with Crippen molar-refractivity contribution in [3.05, 3.63) is 0 Å². The largest absolute Gasteiger partial charge is 0.744 e. The highest BCUT2D eigenvalue weighted by Crippen LogP contribution is 2.13. The third-order valence-electron chi connectivity index (χ3n) is 2.53. The second-order valence-electron chi connectivity index (χ2n) is 4.20. The van der Waals surface area contributed by atoms with Crippen molar-refractivity contribution in [2.45, 2.75) is 40.0 Å². The molecule has 0 fully saturated rings. The van der Waals surface area contributed by atoms with E-state index >= 15 is 0 Å². The van der Waals surface area contributed by atoms with Gasteiger partial charge in [-0.2, -0.15) is 0 Å². The van der Waals surface area contributed by atoms with Crippen LogP contribution in [0, 0.1) is 0 Å². The quantitative estimate of drug-likeness (QED) is 0.475. The zero-order valence-corrected chi connectivity index (χ0v) is 10.8. The lowest BCUT2D eigenvalue weighted by Gasteiger charge is -2.38. The summed E-state index contributed by atoms with van der Waals surface area (Å²) < 4.78 is 33.1. The molecule has 0 rings (SSSR count). The van der Waals surface area contributed by atoms with E-state index in [1.54, 1.807) is 0 Å². The Bertz CT molecular complexity index is 245. The molecule has 0 bridgehead atoms. The summed E-state index contributed by atoms with van der Waals surface area (Å²) in [4.78, 5) is 0. The van der Waals surface area contributed by atoms with Crippen LogP contribution in [0.15, 0.2) is 0 Å². The van der Waals surface area contributed by atoms with Crippen LogP contribution in [-0.2, 0) is 10.1 Å². The average Bonchev–Trinajstić information content (AvgIpc) is 2.01. The number of rotatable bonds is 8. The van der Waals surface area contributed by atoms with E-state index in [9.17, 15) is 13.0 Å². The minimum Gasteiger partial charge on any atom is -0.744 e. The second kappa shape index (κ2) is 6.45. The molecule has 0 aromatic heterocycles. The van der Waals surface area contributed by atoms with Crippen molar-refractivity contribution in [3.8, 4) is 0 Å². The Kier molecular flexibility index (Phi) is 6.40. The van der Waals surface area contributed by atoms with Crippen LogP contribution in [0.4, 0.5) is 0 Å². The minimum atomic E-state index is -4.13. The first kappa shape index (κ1) is 14.9. The fourth-order valence-electron chi connectivity index (χ4n) is 2.29. The molecule has 0 aliphatic carbocycles. The summed E-state index contributed by atoms with van der Waals surface area (Å²) in [6.07, 6.45) is 2.74. The zero-order chi connectivity index (χ0) is 11.9. The van der Waals surface area contributed by atoms with Gasteiger partial charge < -0.3 is 9.04 Å². The van der Waals surface area contributed by atoms with Crippen LogP contribution >= 0.6 is 0 Å². The monoisotopic (exact) mass is 237 g/mol. The summed E-state index contributed by atoms with van der Waals surface area (Å²) in [6.45, 7) is 8.41. The Hall–Kier alpha value is -0.130. The molecular formula is C10H23NO3S. The van der Waals surface area contributed by atoms with Gasteiger partial charge in [-0.25, -0.2) is 8.42 Å². The summed E-state index contributed by atoms with van der Waals surface area (Å²) in [5.41, 5.74) is 0. The van der Waals surface area contributed by atoms with Crippen LogP contribution < -0.4 is 0 Å². The number of nitrogens with zero attached hydrogens (tertiary/aromatic N) is 1. The highest BCUT2D eigenvalue weighted by molar-refractivity contribution is 7.85. The lowest BCUT2D eigenvalue weighted by atomic mass is 10.2. The summed E-state index contributed by atoms with van der Waals surface area (Å²) in [5, 5.41) is 0. The topological polar surface area (TPSA) is 57.2 Å².